The lowest BCUT2D eigenvalue weighted by Gasteiger charge is -2.15. The minimum atomic E-state index is -0.0874. The first-order valence-electron chi connectivity index (χ1n) is 4.98. The van der Waals surface area contributed by atoms with Gasteiger partial charge in [-0.2, -0.15) is 0 Å². The molecule has 1 heterocycles. The maximum absolute atomic E-state index is 6.00. The van der Waals surface area contributed by atoms with Gasteiger partial charge in [0.1, 0.15) is 5.76 Å². The summed E-state index contributed by atoms with van der Waals surface area (Å²) in [5, 5.41) is 4.39. The molecule has 2 rings (SSSR count). The normalized spacial score (nSPS) is 12.7. The minimum Gasteiger partial charge on any atom is -0.466 e. The number of hydrogen-bond donors (Lipinski definition) is 1. The molecule has 0 spiro atoms. The third kappa shape index (κ3) is 2.86. The fourth-order valence-corrected chi connectivity index (χ4v) is 2.68. The summed E-state index contributed by atoms with van der Waals surface area (Å²) in [4.78, 5) is 0. The van der Waals surface area contributed by atoms with Crippen molar-refractivity contribution in [3.05, 3.63) is 56.4 Å². The van der Waals surface area contributed by atoms with E-state index in [9.17, 15) is 0 Å². The molecule has 17 heavy (non-hydrogen) atoms. The van der Waals surface area contributed by atoms with Gasteiger partial charge in [0, 0.05) is 10.0 Å². The van der Waals surface area contributed by atoms with Gasteiger partial charge in [-0.1, -0.05) is 23.2 Å². The van der Waals surface area contributed by atoms with Gasteiger partial charge in [-0.05, 0) is 52.8 Å². The van der Waals surface area contributed by atoms with E-state index in [1.54, 1.807) is 12.3 Å². The van der Waals surface area contributed by atoms with Crippen LogP contribution in [0.3, 0.4) is 0 Å². The molecule has 2 nitrogen and oxygen atoms in total. The number of halogens is 3. The smallest absolute Gasteiger partial charge is 0.139 e. The van der Waals surface area contributed by atoms with E-state index in [4.69, 9.17) is 27.6 Å². The third-order valence-electron chi connectivity index (χ3n) is 2.41. The van der Waals surface area contributed by atoms with Crippen LogP contribution in [0.1, 0.15) is 17.4 Å². The van der Waals surface area contributed by atoms with Crippen LogP contribution in [0.25, 0.3) is 0 Å². The molecule has 1 N–H and O–H groups in total. The quantitative estimate of drug-likeness (QED) is 0.883. The van der Waals surface area contributed by atoms with Crippen LogP contribution in [0, 0.1) is 0 Å². The van der Waals surface area contributed by atoms with Gasteiger partial charge in [0.05, 0.1) is 16.8 Å². The van der Waals surface area contributed by atoms with Crippen molar-refractivity contribution >= 4 is 39.1 Å². The van der Waals surface area contributed by atoms with E-state index >= 15 is 0 Å². The van der Waals surface area contributed by atoms with Gasteiger partial charge in [0.2, 0.25) is 0 Å². The van der Waals surface area contributed by atoms with E-state index in [1.807, 2.05) is 25.2 Å². The standard InChI is InChI=1S/C12H10BrCl2NO/c1-16-11(12-10(13)2-3-17-12)7-4-8(14)6-9(15)5-7/h2-6,11,16H,1H3. The summed E-state index contributed by atoms with van der Waals surface area (Å²) in [5.41, 5.74) is 0.959. The molecule has 0 saturated heterocycles. The Bertz CT molecular complexity index is 507. The first-order chi connectivity index (χ1) is 8.11. The number of hydrogen-bond acceptors (Lipinski definition) is 2. The van der Waals surface area contributed by atoms with Crippen molar-refractivity contribution in [3.63, 3.8) is 0 Å². The Morgan fingerprint density at radius 1 is 1.24 bits per heavy atom. The van der Waals surface area contributed by atoms with Crippen LogP contribution in [0.5, 0.6) is 0 Å². The molecule has 0 bridgehead atoms. The van der Waals surface area contributed by atoms with Crippen LogP contribution in [0.4, 0.5) is 0 Å². The van der Waals surface area contributed by atoms with Gasteiger partial charge >= 0.3 is 0 Å². The Labute approximate surface area is 118 Å². The fraction of sp³-hybridized carbons (Fsp3) is 0.167. The van der Waals surface area contributed by atoms with Crippen molar-refractivity contribution in [3.8, 4) is 0 Å². The second-order valence-corrected chi connectivity index (χ2v) is 5.28. The van der Waals surface area contributed by atoms with Gasteiger partial charge in [0.25, 0.3) is 0 Å². The van der Waals surface area contributed by atoms with E-state index in [0.717, 1.165) is 15.8 Å². The lowest BCUT2D eigenvalue weighted by Crippen LogP contribution is -2.17. The summed E-state index contributed by atoms with van der Waals surface area (Å²) in [6, 6.07) is 7.20. The fourth-order valence-electron chi connectivity index (χ4n) is 1.70. The zero-order valence-electron chi connectivity index (χ0n) is 9.01. The zero-order valence-corrected chi connectivity index (χ0v) is 12.1. The maximum Gasteiger partial charge on any atom is 0.139 e. The molecular weight excluding hydrogens is 325 g/mol. The summed E-state index contributed by atoms with van der Waals surface area (Å²) in [6.07, 6.45) is 1.63. The van der Waals surface area contributed by atoms with E-state index in [0.29, 0.717) is 10.0 Å². The van der Waals surface area contributed by atoms with E-state index in [1.165, 1.54) is 0 Å². The van der Waals surface area contributed by atoms with Crippen LogP contribution in [0.2, 0.25) is 10.0 Å². The third-order valence-corrected chi connectivity index (χ3v) is 3.51. The highest BCUT2D eigenvalue weighted by molar-refractivity contribution is 9.10. The van der Waals surface area contributed by atoms with Crippen LogP contribution < -0.4 is 5.32 Å². The van der Waals surface area contributed by atoms with Crippen molar-refractivity contribution in [2.75, 3.05) is 7.05 Å². The predicted molar refractivity (Wildman–Crippen MR) is 73.8 cm³/mol. The number of nitrogens with one attached hydrogen (secondary N) is 1. The molecule has 0 amide bonds. The maximum atomic E-state index is 6.00. The Balaban J connectivity index is 2.45. The molecule has 0 radical (unpaired) electrons. The number of benzene rings is 1. The van der Waals surface area contributed by atoms with E-state index in [-0.39, 0.29) is 6.04 Å². The Kier molecular flexibility index (Phi) is 4.15. The van der Waals surface area contributed by atoms with Gasteiger partial charge in [0.15, 0.2) is 0 Å². The summed E-state index contributed by atoms with van der Waals surface area (Å²) >= 11 is 15.4. The molecule has 1 atom stereocenters. The van der Waals surface area contributed by atoms with Gasteiger partial charge in [-0.15, -0.1) is 0 Å². The van der Waals surface area contributed by atoms with Crippen molar-refractivity contribution in [2.24, 2.45) is 0 Å². The van der Waals surface area contributed by atoms with Crippen molar-refractivity contribution in [1.29, 1.82) is 0 Å². The molecule has 0 aliphatic rings. The molecule has 2 aromatic rings. The Morgan fingerprint density at radius 2 is 1.88 bits per heavy atom. The topological polar surface area (TPSA) is 25.2 Å². The Hall–Kier alpha value is -0.480. The lowest BCUT2D eigenvalue weighted by atomic mass is 10.1. The molecule has 0 fully saturated rings. The first kappa shape index (κ1) is 13.0. The highest BCUT2D eigenvalue weighted by atomic mass is 79.9. The van der Waals surface area contributed by atoms with Crippen LogP contribution in [-0.2, 0) is 0 Å². The molecule has 0 aliphatic heterocycles. The minimum absolute atomic E-state index is 0.0874. The highest BCUT2D eigenvalue weighted by Gasteiger charge is 2.19. The van der Waals surface area contributed by atoms with Gasteiger partial charge in [-0.3, -0.25) is 0 Å². The number of rotatable bonds is 3. The van der Waals surface area contributed by atoms with Crippen molar-refractivity contribution in [2.45, 2.75) is 6.04 Å². The van der Waals surface area contributed by atoms with Crippen LogP contribution in [-0.4, -0.2) is 7.05 Å². The molecule has 90 valence electrons. The summed E-state index contributed by atoms with van der Waals surface area (Å²) in [6.45, 7) is 0. The SMILES string of the molecule is CNC(c1cc(Cl)cc(Cl)c1)c1occc1Br. The largest absolute Gasteiger partial charge is 0.466 e. The lowest BCUT2D eigenvalue weighted by molar-refractivity contribution is 0.461. The number of furan rings is 1. The molecular formula is C12H10BrCl2NO. The molecule has 5 heteroatoms. The highest BCUT2D eigenvalue weighted by Crippen LogP contribution is 2.32. The van der Waals surface area contributed by atoms with Crippen LogP contribution in [0.15, 0.2) is 39.4 Å². The van der Waals surface area contributed by atoms with E-state index in [2.05, 4.69) is 21.2 Å². The second kappa shape index (κ2) is 5.44. The zero-order chi connectivity index (χ0) is 12.4. The monoisotopic (exact) mass is 333 g/mol. The summed E-state index contributed by atoms with van der Waals surface area (Å²) < 4.78 is 6.37. The molecule has 1 aromatic carbocycles. The average Bonchev–Trinajstić information content (AvgIpc) is 2.65. The van der Waals surface area contributed by atoms with Gasteiger partial charge < -0.3 is 9.73 Å². The molecule has 0 saturated carbocycles. The van der Waals surface area contributed by atoms with Crippen molar-refractivity contribution in [1.82, 2.24) is 5.32 Å². The second-order valence-electron chi connectivity index (χ2n) is 3.56. The predicted octanol–water partition coefficient (Wildman–Crippen LogP) is 4.66. The summed E-state index contributed by atoms with van der Waals surface area (Å²) in [7, 11) is 1.86. The van der Waals surface area contributed by atoms with E-state index < -0.39 is 0 Å². The van der Waals surface area contributed by atoms with Gasteiger partial charge in [-0.25, -0.2) is 0 Å². The Morgan fingerprint density at radius 3 is 2.35 bits per heavy atom. The molecule has 0 aliphatic carbocycles. The summed E-state index contributed by atoms with van der Waals surface area (Å²) in [5.74, 6) is 0.797. The van der Waals surface area contributed by atoms with Crippen LogP contribution >= 0.6 is 39.1 Å². The van der Waals surface area contributed by atoms with Crippen molar-refractivity contribution < 1.29 is 4.42 Å². The molecule has 1 aromatic heterocycles. The first-order valence-corrected chi connectivity index (χ1v) is 6.53. The average molecular weight is 335 g/mol. The molecule has 1 unspecified atom stereocenters.